The third-order valence-corrected chi connectivity index (χ3v) is 7.16. The summed E-state index contributed by atoms with van der Waals surface area (Å²) in [5.41, 5.74) is 1.16. The minimum atomic E-state index is -0.269. The average molecular weight is 402 g/mol. The number of amides is 1. The first-order valence-electron chi connectivity index (χ1n) is 10.9. The number of carbonyl (C=O) groups is 2. The van der Waals surface area contributed by atoms with Gasteiger partial charge in [-0.15, -0.1) is 0 Å². The fraction of sp³-hybridized carbons (Fsp3) is 0.667. The Bertz CT molecular complexity index is 729. The van der Waals surface area contributed by atoms with E-state index in [0.29, 0.717) is 30.3 Å². The van der Waals surface area contributed by atoms with Crippen LogP contribution in [0, 0.1) is 23.2 Å². The van der Waals surface area contributed by atoms with Crippen molar-refractivity contribution in [3.8, 4) is 5.75 Å². The molecule has 0 saturated heterocycles. The molecule has 160 valence electrons. The molecular formula is C24H35NO4. The van der Waals surface area contributed by atoms with Crippen LogP contribution < -0.4 is 10.1 Å². The SMILES string of the molecule is CCCC(=O)NC1C(CCOc2ccccc2CC(=O)OC)CC2CC1C2(C)C. The van der Waals surface area contributed by atoms with Gasteiger partial charge in [-0.1, -0.05) is 39.0 Å². The van der Waals surface area contributed by atoms with Gasteiger partial charge in [0.2, 0.25) is 5.91 Å². The normalized spacial score (nSPS) is 26.9. The van der Waals surface area contributed by atoms with Crippen LogP contribution in [0.2, 0.25) is 0 Å². The second kappa shape index (κ2) is 9.19. The van der Waals surface area contributed by atoms with Crippen molar-refractivity contribution in [1.82, 2.24) is 5.32 Å². The molecule has 4 rings (SSSR count). The number of esters is 1. The van der Waals surface area contributed by atoms with Crippen molar-refractivity contribution in [2.45, 2.75) is 65.3 Å². The van der Waals surface area contributed by atoms with Crippen molar-refractivity contribution >= 4 is 11.9 Å². The highest BCUT2D eigenvalue weighted by Gasteiger charge is 2.57. The highest BCUT2D eigenvalue weighted by Crippen LogP contribution is 2.61. The molecule has 3 aliphatic carbocycles. The monoisotopic (exact) mass is 401 g/mol. The van der Waals surface area contributed by atoms with E-state index < -0.39 is 0 Å². The summed E-state index contributed by atoms with van der Waals surface area (Å²) in [6.45, 7) is 7.32. The predicted molar refractivity (Wildman–Crippen MR) is 113 cm³/mol. The lowest BCUT2D eigenvalue weighted by atomic mass is 9.44. The number of hydrogen-bond acceptors (Lipinski definition) is 4. The molecule has 4 atom stereocenters. The van der Waals surface area contributed by atoms with E-state index in [9.17, 15) is 9.59 Å². The molecule has 5 nitrogen and oxygen atoms in total. The number of rotatable bonds is 9. The standard InChI is InChI=1S/C24H35NO4/c1-5-8-21(26)25-23-17(13-18-15-19(23)24(18,2)3)11-12-29-20-10-7-6-9-16(20)14-22(27)28-4/h6-7,9-10,17-19,23H,5,8,11-15H2,1-4H3,(H,25,26). The van der Waals surface area contributed by atoms with Gasteiger partial charge in [-0.3, -0.25) is 9.59 Å². The summed E-state index contributed by atoms with van der Waals surface area (Å²) in [6.07, 6.45) is 4.96. The number of benzene rings is 1. The number of fused-ring (bicyclic) bond motifs is 2. The molecule has 4 unspecified atom stereocenters. The summed E-state index contributed by atoms with van der Waals surface area (Å²) in [7, 11) is 1.40. The Kier molecular flexibility index (Phi) is 6.86. The molecule has 0 radical (unpaired) electrons. The fourth-order valence-electron chi connectivity index (χ4n) is 5.25. The summed E-state index contributed by atoms with van der Waals surface area (Å²) < 4.78 is 10.8. The molecule has 2 bridgehead atoms. The Balaban J connectivity index is 1.61. The van der Waals surface area contributed by atoms with Crippen molar-refractivity contribution in [2.24, 2.45) is 23.2 Å². The minimum absolute atomic E-state index is 0.174. The third kappa shape index (κ3) is 4.76. The van der Waals surface area contributed by atoms with Crippen molar-refractivity contribution in [1.29, 1.82) is 0 Å². The molecule has 0 aromatic heterocycles. The summed E-state index contributed by atoms with van der Waals surface area (Å²) in [6, 6.07) is 7.87. The zero-order valence-electron chi connectivity index (χ0n) is 18.2. The topological polar surface area (TPSA) is 64.6 Å². The van der Waals surface area contributed by atoms with E-state index in [2.05, 4.69) is 19.2 Å². The number of methoxy groups -OCH3 is 1. The highest BCUT2D eigenvalue weighted by atomic mass is 16.5. The Morgan fingerprint density at radius 1 is 1.21 bits per heavy atom. The molecule has 5 heteroatoms. The number of para-hydroxylation sites is 1. The maximum Gasteiger partial charge on any atom is 0.310 e. The lowest BCUT2D eigenvalue weighted by molar-refractivity contribution is -0.139. The molecule has 29 heavy (non-hydrogen) atoms. The number of ether oxygens (including phenoxy) is 2. The Labute approximate surface area is 174 Å². The Morgan fingerprint density at radius 3 is 2.66 bits per heavy atom. The van der Waals surface area contributed by atoms with Crippen LogP contribution in [0.5, 0.6) is 5.75 Å². The first-order valence-corrected chi connectivity index (χ1v) is 10.9. The number of carbonyl (C=O) groups excluding carboxylic acids is 2. The van der Waals surface area contributed by atoms with Crippen LogP contribution >= 0.6 is 0 Å². The van der Waals surface area contributed by atoms with Crippen molar-refractivity contribution in [3.05, 3.63) is 29.8 Å². The van der Waals surface area contributed by atoms with Crippen LogP contribution in [0.1, 0.15) is 58.4 Å². The van der Waals surface area contributed by atoms with Crippen LogP contribution in [0.3, 0.4) is 0 Å². The highest BCUT2D eigenvalue weighted by molar-refractivity contribution is 5.76. The number of hydrogen-bond donors (Lipinski definition) is 1. The van der Waals surface area contributed by atoms with Gasteiger partial charge in [0, 0.05) is 18.0 Å². The zero-order chi connectivity index (χ0) is 21.0. The fourth-order valence-corrected chi connectivity index (χ4v) is 5.25. The smallest absolute Gasteiger partial charge is 0.310 e. The van der Waals surface area contributed by atoms with Gasteiger partial charge in [0.05, 0.1) is 20.1 Å². The second-order valence-corrected chi connectivity index (χ2v) is 9.20. The van der Waals surface area contributed by atoms with E-state index in [1.807, 2.05) is 31.2 Å². The van der Waals surface area contributed by atoms with E-state index in [0.717, 1.165) is 36.5 Å². The molecule has 3 saturated carbocycles. The molecule has 3 aliphatic rings. The summed E-state index contributed by atoms with van der Waals surface area (Å²) >= 11 is 0. The van der Waals surface area contributed by atoms with E-state index >= 15 is 0 Å². The van der Waals surface area contributed by atoms with E-state index in [-0.39, 0.29) is 24.3 Å². The molecule has 1 aromatic carbocycles. The number of nitrogens with one attached hydrogen (secondary N) is 1. The van der Waals surface area contributed by atoms with Crippen LogP contribution in [0.25, 0.3) is 0 Å². The molecule has 1 aromatic rings. The maximum absolute atomic E-state index is 12.3. The van der Waals surface area contributed by atoms with Gasteiger partial charge >= 0.3 is 5.97 Å². The van der Waals surface area contributed by atoms with Gasteiger partial charge in [-0.2, -0.15) is 0 Å². The predicted octanol–water partition coefficient (Wildman–Crippen LogP) is 4.14. The van der Waals surface area contributed by atoms with E-state index in [1.54, 1.807) is 0 Å². The van der Waals surface area contributed by atoms with Gasteiger partial charge in [0.15, 0.2) is 0 Å². The summed E-state index contributed by atoms with van der Waals surface area (Å²) in [5.74, 6) is 2.38. The molecule has 3 fully saturated rings. The van der Waals surface area contributed by atoms with Crippen LogP contribution in [-0.4, -0.2) is 31.6 Å². The quantitative estimate of drug-likeness (QED) is 0.632. The first kappa shape index (κ1) is 21.7. The summed E-state index contributed by atoms with van der Waals surface area (Å²) in [5, 5.41) is 3.35. The van der Waals surface area contributed by atoms with Gasteiger partial charge in [-0.05, 0) is 54.9 Å². The first-order chi connectivity index (χ1) is 13.9. The van der Waals surface area contributed by atoms with Crippen molar-refractivity contribution in [3.63, 3.8) is 0 Å². The second-order valence-electron chi connectivity index (χ2n) is 9.20. The zero-order valence-corrected chi connectivity index (χ0v) is 18.2. The van der Waals surface area contributed by atoms with Gasteiger partial charge in [-0.25, -0.2) is 0 Å². The Morgan fingerprint density at radius 2 is 1.97 bits per heavy atom. The van der Waals surface area contributed by atoms with E-state index in [1.165, 1.54) is 13.5 Å². The van der Waals surface area contributed by atoms with E-state index in [4.69, 9.17) is 9.47 Å². The Hall–Kier alpha value is -2.04. The van der Waals surface area contributed by atoms with Crippen molar-refractivity contribution < 1.29 is 19.1 Å². The van der Waals surface area contributed by atoms with Crippen LogP contribution in [0.4, 0.5) is 0 Å². The van der Waals surface area contributed by atoms with Crippen molar-refractivity contribution in [2.75, 3.05) is 13.7 Å². The molecule has 1 N–H and O–H groups in total. The molecule has 0 spiro atoms. The molecular weight excluding hydrogens is 366 g/mol. The molecule has 0 aliphatic heterocycles. The molecule has 1 amide bonds. The van der Waals surface area contributed by atoms with Crippen LogP contribution in [-0.2, 0) is 20.7 Å². The minimum Gasteiger partial charge on any atom is -0.493 e. The summed E-state index contributed by atoms with van der Waals surface area (Å²) in [4.78, 5) is 24.0. The van der Waals surface area contributed by atoms with Gasteiger partial charge < -0.3 is 14.8 Å². The molecule has 0 heterocycles. The largest absolute Gasteiger partial charge is 0.493 e. The van der Waals surface area contributed by atoms with Gasteiger partial charge in [0.1, 0.15) is 5.75 Å². The van der Waals surface area contributed by atoms with Gasteiger partial charge in [0.25, 0.3) is 0 Å². The lowest BCUT2D eigenvalue weighted by Crippen LogP contribution is -2.63. The van der Waals surface area contributed by atoms with Crippen LogP contribution in [0.15, 0.2) is 24.3 Å². The maximum atomic E-state index is 12.3. The lowest BCUT2D eigenvalue weighted by Gasteiger charge is -2.62. The third-order valence-electron chi connectivity index (χ3n) is 7.16. The average Bonchev–Trinajstić information content (AvgIpc) is 2.69.